The van der Waals surface area contributed by atoms with Crippen molar-refractivity contribution < 1.29 is 37.9 Å². The SMILES string of the molecule is COc1ccc(C(=CN(C=C(c2ccc(OC)cc2)c2ccc(OC)cc2)c2ccc3c(c2)Cc2cc(N(C=C(c4ccc(OC)cc4)c4ccc(OC)cc4)C=C(c4ccc(OC)cc4)c4ccc(OC)cc4)ccc2-3)c2ccc(OC)cc2)cc1. The topological polar surface area (TPSA) is 80.3 Å². The second-order valence-corrected chi connectivity index (χ2v) is 20.7. The lowest BCUT2D eigenvalue weighted by Crippen LogP contribution is -2.11. The minimum Gasteiger partial charge on any atom is -0.497 e. The maximum atomic E-state index is 5.65. The third-order valence-electron chi connectivity index (χ3n) is 15.7. The molecule has 10 heteroatoms. The molecule has 0 N–H and O–H groups in total. The maximum absolute atomic E-state index is 5.65. The van der Waals surface area contributed by atoms with Crippen LogP contribution in [0.3, 0.4) is 0 Å². The molecule has 10 nitrogen and oxygen atoms in total. The van der Waals surface area contributed by atoms with Gasteiger partial charge in [-0.25, -0.2) is 0 Å². The summed E-state index contributed by atoms with van der Waals surface area (Å²) in [7, 11) is 13.5. The molecule has 0 saturated heterocycles. The number of ether oxygens (including phenoxy) is 8. The number of benzene rings is 10. The summed E-state index contributed by atoms with van der Waals surface area (Å²) in [6.07, 6.45) is 9.59. The lowest BCUT2D eigenvalue weighted by atomic mass is 9.96. The molecule has 434 valence electrons. The van der Waals surface area contributed by atoms with E-state index in [0.29, 0.717) is 6.42 Å². The average molecular weight is 1150 g/mol. The van der Waals surface area contributed by atoms with Gasteiger partial charge in [-0.3, -0.25) is 0 Å². The van der Waals surface area contributed by atoms with Crippen molar-refractivity contribution in [1.82, 2.24) is 0 Å². The number of hydrogen-bond donors (Lipinski definition) is 0. The Morgan fingerprint density at radius 1 is 0.241 bits per heavy atom. The average Bonchev–Trinajstić information content (AvgIpc) is 1.95. The Bertz CT molecular complexity index is 3410. The molecule has 0 amide bonds. The van der Waals surface area contributed by atoms with Crippen molar-refractivity contribution in [1.29, 1.82) is 0 Å². The summed E-state index contributed by atoms with van der Waals surface area (Å²) in [4.78, 5) is 4.50. The zero-order valence-electron chi connectivity index (χ0n) is 50.1. The molecule has 0 atom stereocenters. The van der Waals surface area contributed by atoms with E-state index in [1.165, 1.54) is 22.3 Å². The van der Waals surface area contributed by atoms with E-state index in [-0.39, 0.29) is 0 Å². The van der Waals surface area contributed by atoms with Crippen LogP contribution in [0.4, 0.5) is 11.4 Å². The van der Waals surface area contributed by atoms with Crippen LogP contribution >= 0.6 is 0 Å². The molecule has 1 aliphatic rings. The first-order chi connectivity index (χ1) is 42.7. The van der Waals surface area contributed by atoms with Crippen LogP contribution in [-0.4, -0.2) is 56.9 Å². The van der Waals surface area contributed by atoms with Crippen LogP contribution in [-0.2, 0) is 6.42 Å². The van der Waals surface area contributed by atoms with Crippen LogP contribution < -0.4 is 47.7 Å². The van der Waals surface area contributed by atoms with Gasteiger partial charge in [0.1, 0.15) is 46.0 Å². The van der Waals surface area contributed by atoms with Gasteiger partial charge in [0.05, 0.1) is 56.9 Å². The molecule has 0 heterocycles. The molecule has 87 heavy (non-hydrogen) atoms. The number of nitrogens with zero attached hydrogens (tertiary/aromatic N) is 2. The van der Waals surface area contributed by atoms with Crippen molar-refractivity contribution in [2.45, 2.75) is 6.42 Å². The molecule has 10 aromatic carbocycles. The van der Waals surface area contributed by atoms with Crippen LogP contribution in [0, 0.1) is 0 Å². The highest BCUT2D eigenvalue weighted by Gasteiger charge is 2.23. The monoisotopic (exact) mass is 1150 g/mol. The maximum Gasteiger partial charge on any atom is 0.118 e. The Labute approximate surface area is 510 Å². The Kier molecular flexibility index (Phi) is 17.9. The van der Waals surface area contributed by atoms with Crippen LogP contribution in [0.25, 0.3) is 33.4 Å². The number of methoxy groups -OCH3 is 8. The standard InChI is InChI=1S/C77H68N2O8/c1-80-64-27-9-52(10-28-64)74(53-11-29-65(81-2)30-12-53)48-78(49-75(54-13-31-66(82-3)32-14-54)55-15-33-67(83-4)34-16-55)62-25-43-72-60(46-62)45-61-47-63(26-44-73(61)72)79(50-76(56-17-35-68(84-5)36-18-56)57-19-37-69(85-6)38-20-57)51-77(58-21-39-70(86-7)40-22-58)59-23-41-71(87-8)42-24-59/h9-44,46-51H,45H2,1-8H3. The number of fused-ring (bicyclic) bond motifs is 3. The van der Waals surface area contributed by atoms with E-state index in [1.54, 1.807) is 56.9 Å². The fraction of sp³-hybridized carbons (Fsp3) is 0.117. The lowest BCUT2D eigenvalue weighted by molar-refractivity contribution is 0.414. The molecule has 10 aromatic rings. The number of hydrogen-bond acceptors (Lipinski definition) is 10. The second-order valence-electron chi connectivity index (χ2n) is 20.7. The first kappa shape index (κ1) is 58.0. The van der Waals surface area contributed by atoms with E-state index in [2.05, 4.69) is 168 Å². The van der Waals surface area contributed by atoms with Gasteiger partial charge >= 0.3 is 0 Å². The summed E-state index contributed by atoms with van der Waals surface area (Å²) in [5.74, 6) is 6.16. The molecule has 0 aromatic heterocycles. The van der Waals surface area contributed by atoms with Gasteiger partial charge < -0.3 is 47.7 Å². The zero-order valence-corrected chi connectivity index (χ0v) is 50.1. The molecule has 0 aliphatic heterocycles. The predicted molar refractivity (Wildman–Crippen MR) is 352 cm³/mol. The highest BCUT2D eigenvalue weighted by atomic mass is 16.5. The third kappa shape index (κ3) is 13.1. The molecule has 0 unspecified atom stereocenters. The van der Waals surface area contributed by atoms with Crippen molar-refractivity contribution in [2.24, 2.45) is 0 Å². The van der Waals surface area contributed by atoms with E-state index >= 15 is 0 Å². The molecule has 0 spiro atoms. The van der Waals surface area contributed by atoms with E-state index in [0.717, 1.165) is 124 Å². The van der Waals surface area contributed by atoms with Gasteiger partial charge in [-0.15, -0.1) is 0 Å². The quantitative estimate of drug-likeness (QED) is 0.0655. The molecular formula is C77H68N2O8. The molecule has 0 bridgehead atoms. The van der Waals surface area contributed by atoms with Gasteiger partial charge in [-0.1, -0.05) is 109 Å². The Morgan fingerprint density at radius 2 is 0.414 bits per heavy atom. The third-order valence-corrected chi connectivity index (χ3v) is 15.7. The molecule has 0 radical (unpaired) electrons. The Hall–Kier alpha value is -10.8. The minimum absolute atomic E-state index is 0.691. The molecular weight excluding hydrogens is 1080 g/mol. The van der Waals surface area contributed by atoms with E-state index in [4.69, 9.17) is 37.9 Å². The summed E-state index contributed by atoms with van der Waals surface area (Å²) in [5, 5.41) is 0. The summed E-state index contributed by atoms with van der Waals surface area (Å²) in [6.45, 7) is 0. The van der Waals surface area contributed by atoms with Gasteiger partial charge in [0, 0.05) is 58.5 Å². The molecule has 11 rings (SSSR count). The molecule has 0 fully saturated rings. The zero-order chi connectivity index (χ0) is 60.2. The first-order valence-electron chi connectivity index (χ1n) is 28.5. The number of anilines is 2. The van der Waals surface area contributed by atoms with Crippen LogP contribution in [0.1, 0.15) is 55.6 Å². The van der Waals surface area contributed by atoms with Crippen molar-refractivity contribution >= 4 is 33.7 Å². The highest BCUT2D eigenvalue weighted by Crippen LogP contribution is 2.43. The van der Waals surface area contributed by atoms with Gasteiger partial charge in [0.25, 0.3) is 0 Å². The molecule has 1 aliphatic carbocycles. The van der Waals surface area contributed by atoms with Gasteiger partial charge in [0.2, 0.25) is 0 Å². The largest absolute Gasteiger partial charge is 0.497 e. The predicted octanol–water partition coefficient (Wildman–Crippen LogP) is 17.3. The van der Waals surface area contributed by atoms with E-state index in [1.807, 2.05) is 97.1 Å². The summed E-state index contributed by atoms with van der Waals surface area (Å²) in [5.41, 5.74) is 18.7. The summed E-state index contributed by atoms with van der Waals surface area (Å²) < 4.78 is 45.2. The van der Waals surface area contributed by atoms with Gasteiger partial charge in [-0.05, 0) is 195 Å². The Morgan fingerprint density at radius 3 is 0.575 bits per heavy atom. The normalized spacial score (nSPS) is 10.9. The van der Waals surface area contributed by atoms with E-state index in [9.17, 15) is 0 Å². The number of rotatable bonds is 22. The van der Waals surface area contributed by atoms with Crippen molar-refractivity contribution in [2.75, 3.05) is 66.7 Å². The fourth-order valence-electron chi connectivity index (χ4n) is 10.9. The smallest absolute Gasteiger partial charge is 0.118 e. The summed E-state index contributed by atoms with van der Waals surface area (Å²) >= 11 is 0. The Balaban J connectivity index is 1.08. The van der Waals surface area contributed by atoms with Crippen molar-refractivity contribution in [3.8, 4) is 57.1 Å². The molecule has 0 saturated carbocycles. The second kappa shape index (κ2) is 26.8. The van der Waals surface area contributed by atoms with Crippen LogP contribution in [0.5, 0.6) is 46.0 Å². The first-order valence-corrected chi connectivity index (χ1v) is 28.5. The van der Waals surface area contributed by atoms with Crippen LogP contribution in [0.2, 0.25) is 0 Å². The fourth-order valence-corrected chi connectivity index (χ4v) is 10.9. The highest BCUT2D eigenvalue weighted by molar-refractivity contribution is 5.90. The van der Waals surface area contributed by atoms with Gasteiger partial charge in [0.15, 0.2) is 0 Å². The van der Waals surface area contributed by atoms with E-state index < -0.39 is 0 Å². The van der Waals surface area contributed by atoms with Crippen LogP contribution in [0.15, 0.2) is 255 Å². The lowest BCUT2D eigenvalue weighted by Gasteiger charge is -2.23. The van der Waals surface area contributed by atoms with Crippen molar-refractivity contribution in [3.63, 3.8) is 0 Å². The van der Waals surface area contributed by atoms with Crippen molar-refractivity contribution in [3.05, 3.63) is 311 Å². The van der Waals surface area contributed by atoms with Gasteiger partial charge in [-0.2, -0.15) is 0 Å². The minimum atomic E-state index is 0.691. The summed E-state index contributed by atoms with van der Waals surface area (Å²) in [6, 6.07) is 79.2.